The fourth-order valence-corrected chi connectivity index (χ4v) is 6.03. The molecule has 4 heterocycles. The van der Waals surface area contributed by atoms with Gasteiger partial charge in [0.1, 0.15) is 11.3 Å². The molecule has 0 aliphatic carbocycles. The quantitative estimate of drug-likeness (QED) is 0.280. The summed E-state index contributed by atoms with van der Waals surface area (Å²) < 4.78 is 50.3. The molecule has 226 valence electrons. The Labute approximate surface area is 248 Å². The summed E-state index contributed by atoms with van der Waals surface area (Å²) in [6.45, 7) is 8.76. The normalized spacial score (nSPS) is 18.1. The molecule has 0 spiro atoms. The predicted octanol–water partition coefficient (Wildman–Crippen LogP) is 6.43. The molecule has 0 bridgehead atoms. The summed E-state index contributed by atoms with van der Waals surface area (Å²) >= 11 is 0. The summed E-state index contributed by atoms with van der Waals surface area (Å²) in [6.07, 6.45) is -0.396. The van der Waals surface area contributed by atoms with E-state index in [1.54, 1.807) is 27.7 Å². The van der Waals surface area contributed by atoms with Crippen molar-refractivity contribution in [2.45, 2.75) is 39.0 Å². The molecule has 0 radical (unpaired) electrons. The summed E-state index contributed by atoms with van der Waals surface area (Å²) in [4.78, 5) is 19.4. The maximum atomic E-state index is 14.1. The zero-order valence-electron chi connectivity index (χ0n) is 24.3. The number of halogens is 3. The minimum Gasteiger partial charge on any atom is -0.455 e. The zero-order chi connectivity index (χ0) is 30.1. The summed E-state index contributed by atoms with van der Waals surface area (Å²) in [6, 6.07) is 14.8. The van der Waals surface area contributed by atoms with Crippen molar-refractivity contribution in [3.8, 4) is 11.5 Å². The van der Waals surface area contributed by atoms with Crippen LogP contribution in [0.5, 0.6) is 11.5 Å². The largest absolute Gasteiger partial charge is 0.455 e. The second kappa shape index (κ2) is 11.9. The zero-order valence-corrected chi connectivity index (χ0v) is 24.3. The van der Waals surface area contributed by atoms with Crippen LogP contribution in [0.4, 0.5) is 23.7 Å². The number of alkyl halides is 3. The van der Waals surface area contributed by atoms with Crippen LogP contribution >= 0.6 is 0 Å². The Hall–Kier alpha value is -4.09. The molecule has 0 saturated carbocycles. The summed E-state index contributed by atoms with van der Waals surface area (Å²) in [5.41, 5.74) is 2.51. The SMILES string of the molecule is CCN1CCN(Cc2ccc(NC(=O)N3CCc4ccc(Oc5ccnn6cccc56)cc4[C@@H]3C)cc2C(F)(F)F)CC1. The summed E-state index contributed by atoms with van der Waals surface area (Å²) in [5, 5.41) is 6.99. The number of rotatable bonds is 6. The van der Waals surface area contributed by atoms with E-state index in [1.165, 1.54) is 6.07 Å². The molecule has 43 heavy (non-hydrogen) atoms. The Morgan fingerprint density at radius 3 is 2.58 bits per heavy atom. The fourth-order valence-electron chi connectivity index (χ4n) is 6.03. The van der Waals surface area contributed by atoms with E-state index in [9.17, 15) is 18.0 Å². The number of carbonyl (C=O) groups is 1. The lowest BCUT2D eigenvalue weighted by Crippen LogP contribution is -2.45. The first-order valence-corrected chi connectivity index (χ1v) is 14.6. The monoisotopic (exact) mass is 592 g/mol. The van der Waals surface area contributed by atoms with Gasteiger partial charge in [-0.05, 0) is 73.0 Å². The standard InChI is InChI=1S/C32H35F3N6O2/c1-3-38-15-17-39(18-16-38)21-24-6-8-25(19-28(24)32(33,34)35)37-31(42)40-14-11-23-7-9-26(20-27(23)22(40)2)43-30-10-12-36-41-13-4-5-29(30)41/h4-10,12-13,19-20,22H,3,11,14-18,21H2,1-2H3,(H,37,42)/t22-/m0/s1. The molecular weight excluding hydrogens is 557 g/mol. The lowest BCUT2D eigenvalue weighted by Gasteiger charge is -2.35. The third kappa shape index (κ3) is 6.18. The van der Waals surface area contributed by atoms with E-state index in [0.29, 0.717) is 24.5 Å². The third-order valence-electron chi connectivity index (χ3n) is 8.52. The van der Waals surface area contributed by atoms with Crippen molar-refractivity contribution in [1.29, 1.82) is 0 Å². The number of likely N-dealkylation sites (N-methyl/N-ethyl adjacent to an activating group) is 1. The smallest absolute Gasteiger partial charge is 0.416 e. The van der Waals surface area contributed by atoms with Crippen molar-refractivity contribution in [3.63, 3.8) is 0 Å². The van der Waals surface area contributed by atoms with E-state index in [2.05, 4.69) is 27.1 Å². The van der Waals surface area contributed by atoms with Gasteiger partial charge in [-0.25, -0.2) is 9.31 Å². The number of carbonyl (C=O) groups excluding carboxylic acids is 1. The number of benzene rings is 2. The van der Waals surface area contributed by atoms with E-state index in [1.807, 2.05) is 43.5 Å². The predicted molar refractivity (Wildman–Crippen MR) is 158 cm³/mol. The van der Waals surface area contributed by atoms with Crippen LogP contribution in [0.2, 0.25) is 0 Å². The highest BCUT2D eigenvalue weighted by atomic mass is 19.4. The van der Waals surface area contributed by atoms with Gasteiger partial charge in [0.15, 0.2) is 5.75 Å². The molecule has 2 aromatic heterocycles. The number of nitrogens with zero attached hydrogens (tertiary/aromatic N) is 5. The highest BCUT2D eigenvalue weighted by molar-refractivity contribution is 5.90. The van der Waals surface area contributed by atoms with Crippen LogP contribution in [0.1, 0.15) is 42.1 Å². The molecule has 6 rings (SSSR count). The van der Waals surface area contributed by atoms with Crippen LogP contribution in [0, 0.1) is 0 Å². The number of amides is 2. The number of piperazine rings is 1. The minimum absolute atomic E-state index is 0.126. The van der Waals surface area contributed by atoms with Crippen LogP contribution in [0.3, 0.4) is 0 Å². The van der Waals surface area contributed by atoms with Crippen LogP contribution < -0.4 is 10.1 Å². The first kappa shape index (κ1) is 29.0. The van der Waals surface area contributed by atoms with Gasteiger partial charge in [-0.1, -0.05) is 19.1 Å². The molecule has 11 heteroatoms. The fraction of sp³-hybridized carbons (Fsp3) is 0.375. The van der Waals surface area contributed by atoms with Gasteiger partial charge in [0.25, 0.3) is 0 Å². The van der Waals surface area contributed by atoms with E-state index in [0.717, 1.165) is 55.4 Å². The van der Waals surface area contributed by atoms with Gasteiger partial charge < -0.3 is 19.9 Å². The number of aromatic nitrogens is 2. The number of nitrogens with one attached hydrogen (secondary N) is 1. The van der Waals surface area contributed by atoms with Crippen LogP contribution in [-0.4, -0.2) is 69.6 Å². The van der Waals surface area contributed by atoms with E-state index in [4.69, 9.17) is 4.74 Å². The molecule has 1 N–H and O–H groups in total. The maximum absolute atomic E-state index is 14.1. The van der Waals surface area contributed by atoms with Crippen LogP contribution in [-0.2, 0) is 19.1 Å². The first-order valence-electron chi connectivity index (χ1n) is 14.6. The second-order valence-electron chi connectivity index (χ2n) is 11.1. The van der Waals surface area contributed by atoms with Gasteiger partial charge >= 0.3 is 12.2 Å². The second-order valence-corrected chi connectivity index (χ2v) is 11.1. The van der Waals surface area contributed by atoms with Crippen molar-refractivity contribution in [1.82, 2.24) is 24.3 Å². The molecule has 2 aliphatic heterocycles. The number of anilines is 1. The Morgan fingerprint density at radius 1 is 1.02 bits per heavy atom. The van der Waals surface area contributed by atoms with E-state index >= 15 is 0 Å². The topological polar surface area (TPSA) is 65.3 Å². The minimum atomic E-state index is -4.53. The Morgan fingerprint density at radius 2 is 1.81 bits per heavy atom. The number of hydrogen-bond donors (Lipinski definition) is 1. The molecular formula is C32H35F3N6O2. The average molecular weight is 593 g/mol. The van der Waals surface area contributed by atoms with Crippen LogP contribution in [0.15, 0.2) is 67.0 Å². The number of ether oxygens (including phenoxy) is 1. The molecule has 2 amide bonds. The summed E-state index contributed by atoms with van der Waals surface area (Å²) in [7, 11) is 0. The first-order chi connectivity index (χ1) is 20.7. The van der Waals surface area contributed by atoms with E-state index in [-0.39, 0.29) is 23.8 Å². The molecule has 1 fully saturated rings. The van der Waals surface area contributed by atoms with Gasteiger partial charge in [-0.3, -0.25) is 4.90 Å². The number of urea groups is 1. The van der Waals surface area contributed by atoms with Gasteiger partial charge in [0, 0.05) is 57.2 Å². The van der Waals surface area contributed by atoms with Crippen molar-refractivity contribution in [3.05, 3.63) is 89.2 Å². The Balaban J connectivity index is 1.16. The third-order valence-corrected chi connectivity index (χ3v) is 8.52. The molecule has 2 aromatic carbocycles. The van der Waals surface area contributed by atoms with Gasteiger partial charge in [-0.2, -0.15) is 18.3 Å². The van der Waals surface area contributed by atoms with Crippen molar-refractivity contribution in [2.24, 2.45) is 0 Å². The molecule has 2 aliphatic rings. The van der Waals surface area contributed by atoms with Gasteiger partial charge in [-0.15, -0.1) is 0 Å². The Kier molecular flexibility index (Phi) is 8.02. The van der Waals surface area contributed by atoms with E-state index < -0.39 is 17.8 Å². The number of hydrogen-bond acceptors (Lipinski definition) is 5. The Bertz CT molecular complexity index is 1610. The molecule has 4 aromatic rings. The molecule has 1 atom stereocenters. The molecule has 0 unspecified atom stereocenters. The van der Waals surface area contributed by atoms with Crippen molar-refractivity contribution >= 4 is 17.2 Å². The lowest BCUT2D eigenvalue weighted by molar-refractivity contribution is -0.138. The summed E-state index contributed by atoms with van der Waals surface area (Å²) in [5.74, 6) is 1.29. The highest BCUT2D eigenvalue weighted by Crippen LogP contribution is 2.37. The average Bonchev–Trinajstić information content (AvgIpc) is 3.48. The van der Waals surface area contributed by atoms with Gasteiger partial charge in [0.05, 0.1) is 17.8 Å². The van der Waals surface area contributed by atoms with Crippen molar-refractivity contribution < 1.29 is 22.7 Å². The van der Waals surface area contributed by atoms with Crippen LogP contribution in [0.25, 0.3) is 5.52 Å². The molecule has 1 saturated heterocycles. The maximum Gasteiger partial charge on any atom is 0.416 e. The lowest BCUT2D eigenvalue weighted by atomic mass is 9.93. The van der Waals surface area contributed by atoms with Crippen molar-refractivity contribution in [2.75, 3.05) is 44.6 Å². The number of fused-ring (bicyclic) bond motifs is 2. The molecule has 8 nitrogen and oxygen atoms in total. The highest BCUT2D eigenvalue weighted by Gasteiger charge is 2.35. The van der Waals surface area contributed by atoms with Gasteiger partial charge in [0.2, 0.25) is 0 Å².